The van der Waals surface area contributed by atoms with Crippen molar-refractivity contribution in [3.8, 4) is 5.88 Å². The summed E-state index contributed by atoms with van der Waals surface area (Å²) in [5.74, 6) is -2.47. The fourth-order valence-corrected chi connectivity index (χ4v) is 4.45. The van der Waals surface area contributed by atoms with Crippen LogP contribution in [0.1, 0.15) is 52.1 Å². The van der Waals surface area contributed by atoms with Gasteiger partial charge in [0.1, 0.15) is 12.7 Å². The summed E-state index contributed by atoms with van der Waals surface area (Å²) in [4.78, 5) is 53.9. The monoisotopic (exact) mass is 508 g/mol. The highest BCUT2D eigenvalue weighted by molar-refractivity contribution is 5.68. The first-order valence-corrected chi connectivity index (χ1v) is 11.7. The van der Waals surface area contributed by atoms with Crippen molar-refractivity contribution in [1.82, 2.24) is 9.88 Å². The number of nitrogens with zero attached hydrogens (tertiary/aromatic N) is 2. The van der Waals surface area contributed by atoms with Gasteiger partial charge in [-0.1, -0.05) is 6.07 Å². The third kappa shape index (κ3) is 6.91. The van der Waals surface area contributed by atoms with E-state index >= 15 is 0 Å². The predicted molar refractivity (Wildman–Crippen MR) is 121 cm³/mol. The molecular weight excluding hydrogens is 476 g/mol. The minimum Gasteiger partial charge on any atom is -0.463 e. The second kappa shape index (κ2) is 12.1. The number of hydrogen-bond donors (Lipinski definition) is 0. The molecule has 3 rings (SSSR count). The van der Waals surface area contributed by atoms with Crippen molar-refractivity contribution >= 4 is 23.9 Å². The maximum atomic E-state index is 12.0. The first-order chi connectivity index (χ1) is 17.1. The number of likely N-dealkylation sites (tertiary alicyclic amines) is 1. The quantitative estimate of drug-likeness (QED) is 0.369. The smallest absolute Gasteiger partial charge is 0.303 e. The van der Waals surface area contributed by atoms with Crippen LogP contribution in [0.15, 0.2) is 18.3 Å². The summed E-state index contributed by atoms with van der Waals surface area (Å²) < 4.78 is 33.6. The van der Waals surface area contributed by atoms with Gasteiger partial charge in [-0.15, -0.1) is 0 Å². The number of esters is 4. The maximum Gasteiger partial charge on any atom is 0.303 e. The Morgan fingerprint density at radius 3 is 2.19 bits per heavy atom. The standard InChI is InChI=1S/C24H32N2O10/c1-13(27)31-12-19-20(32-14(2)28)21(33-15(3)29)22(34-16(4)30)24(35-19)36-23-17(8-6-10-25-23)18-9-7-11-26(18)5/h6,8,10,18-22,24H,7,9,11-12H2,1-5H3/t18?,19-,20-,21+,22-,24-/m1/s1. The Labute approximate surface area is 209 Å². The lowest BCUT2D eigenvalue weighted by atomic mass is 9.98. The normalized spacial score (nSPS) is 28.1. The van der Waals surface area contributed by atoms with Gasteiger partial charge < -0.3 is 28.4 Å². The summed E-state index contributed by atoms with van der Waals surface area (Å²) >= 11 is 0. The zero-order valence-electron chi connectivity index (χ0n) is 21.0. The highest BCUT2D eigenvalue weighted by Gasteiger charge is 2.53. The topological polar surface area (TPSA) is 140 Å². The molecule has 3 heterocycles. The molecule has 0 amide bonds. The molecule has 0 aromatic carbocycles. The number of pyridine rings is 1. The summed E-state index contributed by atoms with van der Waals surface area (Å²) in [7, 11) is 2.00. The average molecular weight is 509 g/mol. The molecule has 2 saturated heterocycles. The summed E-state index contributed by atoms with van der Waals surface area (Å²) in [5.41, 5.74) is 0.811. The van der Waals surface area contributed by atoms with Crippen molar-refractivity contribution in [2.45, 2.75) is 77.3 Å². The predicted octanol–water partition coefficient (Wildman–Crippen LogP) is 1.31. The minimum absolute atomic E-state index is 0.0550. The molecule has 36 heavy (non-hydrogen) atoms. The summed E-state index contributed by atoms with van der Waals surface area (Å²) in [6.07, 6.45) is -2.84. The number of rotatable bonds is 8. The van der Waals surface area contributed by atoms with Crippen LogP contribution in [0.4, 0.5) is 0 Å². The Kier molecular flexibility index (Phi) is 9.21. The molecular formula is C24H32N2O10. The third-order valence-electron chi connectivity index (χ3n) is 5.86. The lowest BCUT2D eigenvalue weighted by Gasteiger charge is -2.43. The first-order valence-electron chi connectivity index (χ1n) is 11.7. The third-order valence-corrected chi connectivity index (χ3v) is 5.86. The van der Waals surface area contributed by atoms with Crippen LogP contribution >= 0.6 is 0 Å². The fourth-order valence-electron chi connectivity index (χ4n) is 4.45. The van der Waals surface area contributed by atoms with Crippen molar-refractivity contribution in [1.29, 1.82) is 0 Å². The van der Waals surface area contributed by atoms with Gasteiger partial charge in [0.25, 0.3) is 0 Å². The van der Waals surface area contributed by atoms with Crippen LogP contribution < -0.4 is 4.74 Å². The lowest BCUT2D eigenvalue weighted by molar-refractivity contribution is -0.289. The van der Waals surface area contributed by atoms with E-state index in [4.69, 9.17) is 28.4 Å². The van der Waals surface area contributed by atoms with Gasteiger partial charge in [-0.05, 0) is 32.5 Å². The van der Waals surface area contributed by atoms with Crippen molar-refractivity contribution in [2.24, 2.45) is 0 Å². The van der Waals surface area contributed by atoms with E-state index in [9.17, 15) is 19.2 Å². The lowest BCUT2D eigenvalue weighted by Crippen LogP contribution is -2.63. The summed E-state index contributed by atoms with van der Waals surface area (Å²) in [6, 6.07) is 3.74. The molecule has 6 atom stereocenters. The van der Waals surface area contributed by atoms with Crippen LogP contribution in [0.2, 0.25) is 0 Å². The Morgan fingerprint density at radius 1 is 0.972 bits per heavy atom. The minimum atomic E-state index is -1.33. The molecule has 0 saturated carbocycles. The van der Waals surface area contributed by atoms with Gasteiger partial charge in [-0.2, -0.15) is 0 Å². The van der Waals surface area contributed by atoms with Crippen LogP contribution in [-0.2, 0) is 42.9 Å². The Balaban J connectivity index is 2.00. The average Bonchev–Trinajstić information content (AvgIpc) is 3.21. The van der Waals surface area contributed by atoms with Gasteiger partial charge in [0, 0.05) is 45.5 Å². The van der Waals surface area contributed by atoms with E-state index in [0.29, 0.717) is 0 Å². The van der Waals surface area contributed by atoms with Crippen LogP contribution in [0.5, 0.6) is 5.88 Å². The van der Waals surface area contributed by atoms with E-state index in [-0.39, 0.29) is 18.5 Å². The number of ether oxygens (including phenoxy) is 6. The molecule has 0 aliphatic carbocycles. The van der Waals surface area contributed by atoms with E-state index < -0.39 is 54.6 Å². The zero-order valence-corrected chi connectivity index (χ0v) is 21.0. The van der Waals surface area contributed by atoms with Gasteiger partial charge >= 0.3 is 23.9 Å². The molecule has 0 spiro atoms. The van der Waals surface area contributed by atoms with E-state index in [2.05, 4.69) is 9.88 Å². The number of carbonyl (C=O) groups is 4. The highest BCUT2D eigenvalue weighted by Crippen LogP contribution is 2.37. The zero-order chi connectivity index (χ0) is 26.4. The summed E-state index contributed by atoms with van der Waals surface area (Å²) in [6.45, 7) is 5.29. The number of aromatic nitrogens is 1. The first kappa shape index (κ1) is 27.3. The van der Waals surface area contributed by atoms with Crippen LogP contribution in [0, 0.1) is 0 Å². The Bertz CT molecular complexity index is 970. The molecule has 1 unspecified atom stereocenters. The summed E-state index contributed by atoms with van der Waals surface area (Å²) in [5, 5.41) is 0. The van der Waals surface area contributed by atoms with Crippen LogP contribution in [-0.4, -0.2) is 84.7 Å². The van der Waals surface area contributed by atoms with E-state index in [0.717, 1.165) is 38.8 Å². The second-order valence-electron chi connectivity index (χ2n) is 8.72. The van der Waals surface area contributed by atoms with E-state index in [1.54, 1.807) is 12.3 Å². The van der Waals surface area contributed by atoms with E-state index in [1.807, 2.05) is 13.1 Å². The molecule has 1 aromatic heterocycles. The fraction of sp³-hybridized carbons (Fsp3) is 0.625. The van der Waals surface area contributed by atoms with Crippen molar-refractivity contribution < 1.29 is 47.6 Å². The van der Waals surface area contributed by atoms with Crippen molar-refractivity contribution in [3.63, 3.8) is 0 Å². The second-order valence-corrected chi connectivity index (χ2v) is 8.72. The van der Waals surface area contributed by atoms with Gasteiger partial charge in [-0.3, -0.25) is 24.1 Å². The molecule has 0 N–H and O–H groups in total. The molecule has 0 radical (unpaired) electrons. The van der Waals surface area contributed by atoms with Gasteiger partial charge in [0.05, 0.1) is 0 Å². The van der Waals surface area contributed by atoms with Crippen LogP contribution in [0.25, 0.3) is 0 Å². The molecule has 12 nitrogen and oxygen atoms in total. The van der Waals surface area contributed by atoms with Crippen molar-refractivity contribution in [2.75, 3.05) is 20.2 Å². The van der Waals surface area contributed by atoms with Gasteiger partial charge in [0.2, 0.25) is 18.3 Å². The van der Waals surface area contributed by atoms with Gasteiger partial charge in [-0.25, -0.2) is 4.98 Å². The SMILES string of the molecule is CC(=O)OC[C@H]1O[C@H](Oc2ncccc2C2CCCN2C)[C@H](OC(C)=O)[C@@H](OC(C)=O)[C@@H]1OC(C)=O. The molecule has 0 bridgehead atoms. The Hall–Kier alpha value is -3.25. The number of carbonyl (C=O) groups excluding carboxylic acids is 4. The highest BCUT2D eigenvalue weighted by atomic mass is 16.7. The Morgan fingerprint density at radius 2 is 1.61 bits per heavy atom. The maximum absolute atomic E-state index is 12.0. The molecule has 198 valence electrons. The molecule has 12 heteroatoms. The largest absolute Gasteiger partial charge is 0.463 e. The number of hydrogen-bond acceptors (Lipinski definition) is 12. The van der Waals surface area contributed by atoms with E-state index in [1.165, 1.54) is 13.8 Å². The van der Waals surface area contributed by atoms with Gasteiger partial charge in [0.15, 0.2) is 12.2 Å². The van der Waals surface area contributed by atoms with Crippen molar-refractivity contribution in [3.05, 3.63) is 23.9 Å². The molecule has 2 aliphatic rings. The van der Waals surface area contributed by atoms with Crippen LogP contribution in [0.3, 0.4) is 0 Å². The molecule has 2 fully saturated rings. The molecule has 2 aliphatic heterocycles. The molecule has 1 aromatic rings.